The maximum atomic E-state index is 5.97. The summed E-state index contributed by atoms with van der Waals surface area (Å²) in [6.45, 7) is 1.48. The van der Waals surface area contributed by atoms with Gasteiger partial charge in [-0.2, -0.15) is 0 Å². The third kappa shape index (κ3) is 2.85. The van der Waals surface area contributed by atoms with E-state index < -0.39 is 0 Å². The highest BCUT2D eigenvalue weighted by Gasteiger charge is 2.18. The molecule has 1 aliphatic rings. The van der Waals surface area contributed by atoms with Crippen LogP contribution in [0.5, 0.6) is 0 Å². The molecule has 1 fully saturated rings. The van der Waals surface area contributed by atoms with Crippen molar-refractivity contribution in [1.29, 1.82) is 0 Å². The summed E-state index contributed by atoms with van der Waals surface area (Å²) in [5.74, 6) is 0.751. The number of hydrogen-bond acceptors (Lipinski definition) is 5. The summed E-state index contributed by atoms with van der Waals surface area (Å²) in [5.41, 5.74) is 1.81. The Morgan fingerprint density at radius 2 is 1.96 bits per heavy atom. The SMILES string of the molecule is Clc1ccc(-c2nnc(N[C@@H]3CCOC3)c3cnccc23)cc1. The van der Waals surface area contributed by atoms with Gasteiger partial charge in [0.15, 0.2) is 5.82 Å². The van der Waals surface area contributed by atoms with Crippen LogP contribution in [0, 0.1) is 0 Å². The Morgan fingerprint density at radius 3 is 2.74 bits per heavy atom. The van der Waals surface area contributed by atoms with Crippen LogP contribution < -0.4 is 5.32 Å². The van der Waals surface area contributed by atoms with Gasteiger partial charge in [-0.1, -0.05) is 23.7 Å². The highest BCUT2D eigenvalue weighted by Crippen LogP contribution is 2.30. The van der Waals surface area contributed by atoms with Crippen molar-refractivity contribution in [1.82, 2.24) is 15.2 Å². The van der Waals surface area contributed by atoms with E-state index in [1.54, 1.807) is 6.20 Å². The molecule has 1 saturated heterocycles. The highest BCUT2D eigenvalue weighted by atomic mass is 35.5. The number of halogens is 1. The van der Waals surface area contributed by atoms with E-state index >= 15 is 0 Å². The number of nitrogens with zero attached hydrogens (tertiary/aromatic N) is 3. The zero-order chi connectivity index (χ0) is 15.6. The largest absolute Gasteiger partial charge is 0.379 e. The van der Waals surface area contributed by atoms with Crippen LogP contribution in [0.15, 0.2) is 42.7 Å². The fraction of sp³-hybridized carbons (Fsp3) is 0.235. The molecule has 0 bridgehead atoms. The highest BCUT2D eigenvalue weighted by molar-refractivity contribution is 6.30. The van der Waals surface area contributed by atoms with Gasteiger partial charge in [-0.3, -0.25) is 4.98 Å². The maximum Gasteiger partial charge on any atom is 0.158 e. The van der Waals surface area contributed by atoms with E-state index in [1.165, 1.54) is 0 Å². The lowest BCUT2D eigenvalue weighted by molar-refractivity contribution is 0.195. The Kier molecular flexibility index (Phi) is 3.81. The van der Waals surface area contributed by atoms with Gasteiger partial charge in [-0.25, -0.2) is 0 Å². The van der Waals surface area contributed by atoms with Crippen LogP contribution in [-0.4, -0.2) is 34.4 Å². The summed E-state index contributed by atoms with van der Waals surface area (Å²) in [6.07, 6.45) is 4.57. The molecule has 5 nitrogen and oxygen atoms in total. The maximum absolute atomic E-state index is 5.97. The van der Waals surface area contributed by atoms with Crippen molar-refractivity contribution in [2.24, 2.45) is 0 Å². The van der Waals surface area contributed by atoms with E-state index in [0.717, 1.165) is 40.9 Å². The fourth-order valence-corrected chi connectivity index (χ4v) is 2.89. The lowest BCUT2D eigenvalue weighted by atomic mass is 10.1. The summed E-state index contributed by atoms with van der Waals surface area (Å²) >= 11 is 5.97. The van der Waals surface area contributed by atoms with Crippen LogP contribution in [0.3, 0.4) is 0 Å². The summed E-state index contributed by atoms with van der Waals surface area (Å²) in [5, 5.41) is 14.9. The van der Waals surface area contributed by atoms with Crippen molar-refractivity contribution < 1.29 is 4.74 Å². The zero-order valence-corrected chi connectivity index (χ0v) is 13.1. The van der Waals surface area contributed by atoms with E-state index in [-0.39, 0.29) is 6.04 Å². The number of ether oxygens (including phenoxy) is 1. The number of hydrogen-bond donors (Lipinski definition) is 1. The molecule has 1 atom stereocenters. The first-order valence-corrected chi connectivity index (χ1v) is 7.90. The molecule has 116 valence electrons. The molecule has 0 aliphatic carbocycles. The minimum Gasteiger partial charge on any atom is -0.379 e. The normalized spacial score (nSPS) is 17.5. The van der Waals surface area contributed by atoms with E-state index in [4.69, 9.17) is 16.3 Å². The Labute approximate surface area is 138 Å². The van der Waals surface area contributed by atoms with Gasteiger partial charge >= 0.3 is 0 Å². The van der Waals surface area contributed by atoms with Gasteiger partial charge in [-0.15, -0.1) is 10.2 Å². The van der Waals surface area contributed by atoms with Gasteiger partial charge in [-0.05, 0) is 24.6 Å². The van der Waals surface area contributed by atoms with Gasteiger partial charge in [0.05, 0.1) is 12.6 Å². The summed E-state index contributed by atoms with van der Waals surface area (Å²) in [6, 6.07) is 9.84. The quantitative estimate of drug-likeness (QED) is 0.797. The smallest absolute Gasteiger partial charge is 0.158 e. The van der Waals surface area contributed by atoms with Gasteiger partial charge in [0.25, 0.3) is 0 Å². The second-order valence-electron chi connectivity index (χ2n) is 5.53. The molecule has 3 aromatic rings. The van der Waals surface area contributed by atoms with Crippen LogP contribution in [0.4, 0.5) is 5.82 Å². The topological polar surface area (TPSA) is 59.9 Å². The van der Waals surface area contributed by atoms with Crippen LogP contribution in [0.2, 0.25) is 5.02 Å². The molecule has 0 saturated carbocycles. The van der Waals surface area contributed by atoms with Crippen LogP contribution >= 0.6 is 11.6 Å². The lowest BCUT2D eigenvalue weighted by Crippen LogP contribution is -2.20. The molecule has 1 N–H and O–H groups in total. The predicted molar refractivity (Wildman–Crippen MR) is 90.6 cm³/mol. The van der Waals surface area contributed by atoms with Crippen molar-refractivity contribution in [2.75, 3.05) is 18.5 Å². The molecule has 0 amide bonds. The molecular weight excluding hydrogens is 312 g/mol. The Morgan fingerprint density at radius 1 is 1.09 bits per heavy atom. The van der Waals surface area contributed by atoms with E-state index in [1.807, 2.05) is 36.5 Å². The van der Waals surface area contributed by atoms with Gasteiger partial charge in [0, 0.05) is 40.4 Å². The Balaban J connectivity index is 1.79. The molecular formula is C17H15ClN4O. The molecule has 0 spiro atoms. The van der Waals surface area contributed by atoms with Crippen molar-refractivity contribution in [3.63, 3.8) is 0 Å². The van der Waals surface area contributed by atoms with Crippen molar-refractivity contribution in [2.45, 2.75) is 12.5 Å². The summed E-state index contributed by atoms with van der Waals surface area (Å²) in [7, 11) is 0. The van der Waals surface area contributed by atoms with Crippen molar-refractivity contribution in [3.05, 3.63) is 47.7 Å². The lowest BCUT2D eigenvalue weighted by Gasteiger charge is -2.14. The van der Waals surface area contributed by atoms with E-state index in [0.29, 0.717) is 11.6 Å². The first kappa shape index (κ1) is 14.4. The number of benzene rings is 1. The standard InChI is InChI=1S/C17H15ClN4O/c18-12-3-1-11(2-4-12)16-14-5-7-19-9-15(14)17(22-21-16)20-13-6-8-23-10-13/h1-5,7,9,13H,6,8,10H2,(H,20,22)/t13-/m1/s1. The molecule has 1 aromatic carbocycles. The Bertz CT molecular complexity index is 832. The number of aromatic nitrogens is 3. The van der Waals surface area contributed by atoms with Crippen LogP contribution in [-0.2, 0) is 4.74 Å². The summed E-state index contributed by atoms with van der Waals surface area (Å²) < 4.78 is 5.41. The predicted octanol–water partition coefficient (Wildman–Crippen LogP) is 3.55. The molecule has 3 heterocycles. The third-order valence-electron chi connectivity index (χ3n) is 3.97. The monoisotopic (exact) mass is 326 g/mol. The molecule has 2 aromatic heterocycles. The van der Waals surface area contributed by atoms with Gasteiger partial charge in [0.1, 0.15) is 5.69 Å². The number of nitrogens with one attached hydrogen (secondary N) is 1. The minimum atomic E-state index is 0.272. The fourth-order valence-electron chi connectivity index (χ4n) is 2.77. The first-order valence-electron chi connectivity index (χ1n) is 7.52. The zero-order valence-electron chi connectivity index (χ0n) is 12.4. The Hall–Kier alpha value is -2.24. The van der Waals surface area contributed by atoms with Crippen molar-refractivity contribution >= 4 is 28.2 Å². The molecule has 0 unspecified atom stereocenters. The van der Waals surface area contributed by atoms with E-state index in [9.17, 15) is 0 Å². The molecule has 6 heteroatoms. The van der Waals surface area contributed by atoms with Gasteiger partial charge in [0.2, 0.25) is 0 Å². The summed E-state index contributed by atoms with van der Waals surface area (Å²) in [4.78, 5) is 4.24. The third-order valence-corrected chi connectivity index (χ3v) is 4.22. The molecule has 0 radical (unpaired) electrons. The average molecular weight is 327 g/mol. The number of anilines is 1. The van der Waals surface area contributed by atoms with E-state index in [2.05, 4.69) is 20.5 Å². The molecule has 23 heavy (non-hydrogen) atoms. The number of rotatable bonds is 3. The number of pyridine rings is 1. The second-order valence-corrected chi connectivity index (χ2v) is 5.97. The second kappa shape index (κ2) is 6.10. The van der Waals surface area contributed by atoms with Crippen molar-refractivity contribution in [3.8, 4) is 11.3 Å². The molecule has 1 aliphatic heterocycles. The van der Waals surface area contributed by atoms with Crippen LogP contribution in [0.1, 0.15) is 6.42 Å². The first-order chi connectivity index (χ1) is 11.3. The minimum absolute atomic E-state index is 0.272. The molecule has 4 rings (SSSR count). The number of fused-ring (bicyclic) bond motifs is 1. The average Bonchev–Trinajstić information content (AvgIpc) is 3.09. The van der Waals surface area contributed by atoms with Gasteiger partial charge < -0.3 is 10.1 Å². The van der Waals surface area contributed by atoms with Crippen LogP contribution in [0.25, 0.3) is 22.0 Å².